The number of nitrogens with one attached hydrogen (secondary N) is 1. The molecule has 0 bridgehead atoms. The van der Waals surface area contributed by atoms with Crippen molar-refractivity contribution >= 4 is 27.3 Å². The summed E-state index contributed by atoms with van der Waals surface area (Å²) in [6.07, 6.45) is 2.08. The molecule has 2 N–H and O–H groups in total. The molecule has 0 amide bonds. The highest BCUT2D eigenvalue weighted by Crippen LogP contribution is 2.32. The number of hydrogen-bond acceptors (Lipinski definition) is 4. The van der Waals surface area contributed by atoms with Crippen molar-refractivity contribution in [1.82, 2.24) is 0 Å². The lowest BCUT2D eigenvalue weighted by Gasteiger charge is -2.12. The summed E-state index contributed by atoms with van der Waals surface area (Å²) in [6, 6.07) is 2.27. The SMILES string of the molecule is O=[N+]([O-])c1cc(F)c(Br)cc1NCC1CCC(O)C1. The average Bonchev–Trinajstić information content (AvgIpc) is 2.76. The maximum Gasteiger partial charge on any atom is 0.295 e. The van der Waals surface area contributed by atoms with Crippen LogP contribution in [-0.2, 0) is 0 Å². The lowest BCUT2D eigenvalue weighted by atomic mass is 10.1. The highest BCUT2D eigenvalue weighted by molar-refractivity contribution is 9.10. The van der Waals surface area contributed by atoms with E-state index in [0.29, 0.717) is 24.6 Å². The van der Waals surface area contributed by atoms with Gasteiger partial charge in [-0.2, -0.15) is 0 Å². The molecule has 1 saturated carbocycles. The van der Waals surface area contributed by atoms with Crippen LogP contribution in [0.25, 0.3) is 0 Å². The molecule has 0 heterocycles. The number of nitro groups is 1. The van der Waals surface area contributed by atoms with Crippen LogP contribution in [0.5, 0.6) is 0 Å². The molecule has 0 radical (unpaired) electrons. The van der Waals surface area contributed by atoms with E-state index < -0.39 is 10.7 Å². The Morgan fingerprint density at radius 3 is 2.84 bits per heavy atom. The van der Waals surface area contributed by atoms with Crippen LogP contribution in [0.2, 0.25) is 0 Å². The Labute approximate surface area is 118 Å². The number of halogens is 2. The fourth-order valence-corrected chi connectivity index (χ4v) is 2.66. The molecule has 1 aliphatic rings. The quantitative estimate of drug-likeness (QED) is 0.656. The van der Waals surface area contributed by atoms with Crippen LogP contribution in [-0.4, -0.2) is 22.7 Å². The third kappa shape index (κ3) is 3.42. The van der Waals surface area contributed by atoms with Gasteiger partial charge in [0.25, 0.3) is 5.69 Å². The molecule has 0 spiro atoms. The van der Waals surface area contributed by atoms with Gasteiger partial charge in [0.05, 0.1) is 21.6 Å². The molecule has 1 aromatic rings. The standard InChI is InChI=1S/C12H14BrFN2O3/c13-9-4-11(12(16(18)19)5-10(9)14)15-6-7-1-2-8(17)3-7/h4-5,7-8,15,17H,1-3,6H2. The van der Waals surface area contributed by atoms with E-state index >= 15 is 0 Å². The van der Waals surface area contributed by atoms with Crippen LogP contribution >= 0.6 is 15.9 Å². The summed E-state index contributed by atoms with van der Waals surface area (Å²) in [5, 5.41) is 23.3. The molecule has 5 nitrogen and oxygen atoms in total. The maximum absolute atomic E-state index is 13.3. The molecular weight excluding hydrogens is 319 g/mol. The second kappa shape index (κ2) is 5.83. The summed E-state index contributed by atoms with van der Waals surface area (Å²) in [7, 11) is 0. The predicted molar refractivity (Wildman–Crippen MR) is 72.6 cm³/mol. The zero-order chi connectivity index (χ0) is 14.0. The van der Waals surface area contributed by atoms with Gasteiger partial charge in [0.2, 0.25) is 0 Å². The summed E-state index contributed by atoms with van der Waals surface area (Å²) in [5.41, 5.74) is 0.0129. The Bertz CT molecular complexity index is 498. The first kappa shape index (κ1) is 14.2. The molecular formula is C12H14BrFN2O3. The highest BCUT2D eigenvalue weighted by atomic mass is 79.9. The van der Waals surface area contributed by atoms with E-state index in [1.807, 2.05) is 0 Å². The van der Waals surface area contributed by atoms with E-state index in [0.717, 1.165) is 18.9 Å². The van der Waals surface area contributed by atoms with Crippen molar-refractivity contribution in [2.45, 2.75) is 25.4 Å². The largest absolute Gasteiger partial charge is 0.393 e. The lowest BCUT2D eigenvalue weighted by Crippen LogP contribution is -2.13. The van der Waals surface area contributed by atoms with Crippen LogP contribution < -0.4 is 5.32 Å². The second-order valence-electron chi connectivity index (χ2n) is 4.75. The number of anilines is 1. The van der Waals surface area contributed by atoms with E-state index in [1.165, 1.54) is 6.07 Å². The Morgan fingerprint density at radius 2 is 2.26 bits per heavy atom. The van der Waals surface area contributed by atoms with Crippen LogP contribution in [0.15, 0.2) is 16.6 Å². The van der Waals surface area contributed by atoms with Gasteiger partial charge in [-0.25, -0.2) is 4.39 Å². The fraction of sp³-hybridized carbons (Fsp3) is 0.500. The molecule has 1 aliphatic carbocycles. The third-order valence-electron chi connectivity index (χ3n) is 3.33. The van der Waals surface area contributed by atoms with Gasteiger partial charge in [-0.15, -0.1) is 0 Å². The van der Waals surface area contributed by atoms with Crippen molar-refractivity contribution in [3.63, 3.8) is 0 Å². The third-order valence-corrected chi connectivity index (χ3v) is 3.94. The van der Waals surface area contributed by atoms with Crippen molar-refractivity contribution in [2.75, 3.05) is 11.9 Å². The van der Waals surface area contributed by atoms with Gasteiger partial charge in [0, 0.05) is 6.54 Å². The Hall–Kier alpha value is -1.21. The predicted octanol–water partition coefficient (Wildman–Crippen LogP) is 3.07. The molecule has 0 aliphatic heterocycles. The summed E-state index contributed by atoms with van der Waals surface area (Å²) >= 11 is 3.01. The molecule has 2 unspecified atom stereocenters. The first-order valence-electron chi connectivity index (χ1n) is 6.02. The molecule has 2 rings (SSSR count). The van der Waals surface area contributed by atoms with E-state index in [2.05, 4.69) is 21.2 Å². The number of rotatable bonds is 4. The average molecular weight is 333 g/mol. The first-order valence-corrected chi connectivity index (χ1v) is 6.82. The smallest absolute Gasteiger partial charge is 0.295 e. The molecule has 7 heteroatoms. The van der Waals surface area contributed by atoms with E-state index in [9.17, 15) is 19.6 Å². The van der Waals surface area contributed by atoms with E-state index in [4.69, 9.17) is 0 Å². The van der Waals surface area contributed by atoms with Crippen LogP contribution in [0.4, 0.5) is 15.8 Å². The van der Waals surface area contributed by atoms with Gasteiger partial charge in [-0.05, 0) is 47.2 Å². The maximum atomic E-state index is 13.3. The number of aliphatic hydroxyl groups is 1. The van der Waals surface area contributed by atoms with Crippen LogP contribution in [0, 0.1) is 21.8 Å². The molecule has 0 saturated heterocycles. The molecule has 1 aromatic carbocycles. The van der Waals surface area contributed by atoms with Gasteiger partial charge in [-0.1, -0.05) is 0 Å². The highest BCUT2D eigenvalue weighted by Gasteiger charge is 2.24. The van der Waals surface area contributed by atoms with Crippen molar-refractivity contribution in [2.24, 2.45) is 5.92 Å². The minimum absolute atomic E-state index is 0.187. The molecule has 2 atom stereocenters. The number of hydrogen-bond donors (Lipinski definition) is 2. The van der Waals surface area contributed by atoms with Gasteiger partial charge in [-0.3, -0.25) is 10.1 Å². The first-order chi connectivity index (χ1) is 8.97. The normalized spacial score (nSPS) is 22.5. The van der Waals surface area contributed by atoms with Gasteiger partial charge >= 0.3 is 0 Å². The zero-order valence-electron chi connectivity index (χ0n) is 10.1. The minimum Gasteiger partial charge on any atom is -0.393 e. The van der Waals surface area contributed by atoms with Crippen molar-refractivity contribution in [3.05, 3.63) is 32.5 Å². The summed E-state index contributed by atoms with van der Waals surface area (Å²) in [5.74, 6) is -0.369. The van der Waals surface area contributed by atoms with Crippen molar-refractivity contribution in [3.8, 4) is 0 Å². The minimum atomic E-state index is -0.659. The molecule has 19 heavy (non-hydrogen) atoms. The summed E-state index contributed by atoms with van der Waals surface area (Å²) in [4.78, 5) is 10.3. The summed E-state index contributed by atoms with van der Waals surface area (Å²) in [6.45, 7) is 0.538. The van der Waals surface area contributed by atoms with Crippen LogP contribution in [0.1, 0.15) is 19.3 Å². The number of aliphatic hydroxyl groups excluding tert-OH is 1. The monoisotopic (exact) mass is 332 g/mol. The van der Waals surface area contributed by atoms with Gasteiger partial charge < -0.3 is 10.4 Å². The summed E-state index contributed by atoms with van der Waals surface area (Å²) < 4.78 is 13.5. The van der Waals surface area contributed by atoms with Crippen LogP contribution in [0.3, 0.4) is 0 Å². The van der Waals surface area contributed by atoms with E-state index in [1.54, 1.807) is 0 Å². The van der Waals surface area contributed by atoms with E-state index in [-0.39, 0.29) is 16.3 Å². The second-order valence-corrected chi connectivity index (χ2v) is 5.61. The number of nitrogens with zero attached hydrogens (tertiary/aromatic N) is 1. The lowest BCUT2D eigenvalue weighted by molar-refractivity contribution is -0.384. The van der Waals surface area contributed by atoms with Crippen molar-refractivity contribution in [1.29, 1.82) is 0 Å². The topological polar surface area (TPSA) is 75.4 Å². The number of nitro benzene ring substituents is 1. The Balaban J connectivity index is 2.10. The zero-order valence-corrected chi connectivity index (χ0v) is 11.7. The Kier molecular flexibility index (Phi) is 4.36. The van der Waals surface area contributed by atoms with Crippen molar-refractivity contribution < 1.29 is 14.4 Å². The van der Waals surface area contributed by atoms with Gasteiger partial charge in [0.15, 0.2) is 0 Å². The molecule has 0 aromatic heterocycles. The fourth-order valence-electron chi connectivity index (χ4n) is 2.32. The van der Waals surface area contributed by atoms with Gasteiger partial charge in [0.1, 0.15) is 11.5 Å². The molecule has 104 valence electrons. The Morgan fingerprint density at radius 1 is 1.53 bits per heavy atom. The number of benzene rings is 1. The molecule has 1 fully saturated rings.